The van der Waals surface area contributed by atoms with Gasteiger partial charge in [-0.15, -0.1) is 0 Å². The van der Waals surface area contributed by atoms with Crippen molar-refractivity contribution >= 4 is 5.97 Å². The quantitative estimate of drug-likeness (QED) is 0.575. The number of carbonyl (C=O) groups is 1. The fourth-order valence-electron chi connectivity index (χ4n) is 4.20. The van der Waals surface area contributed by atoms with Gasteiger partial charge in [0.05, 0.1) is 27.1 Å². The summed E-state index contributed by atoms with van der Waals surface area (Å²) in [5, 5.41) is 10.6. The molecule has 0 amide bonds. The molecule has 4 nitrogen and oxygen atoms in total. The van der Waals surface area contributed by atoms with Gasteiger partial charge in [0.25, 0.3) is 0 Å². The summed E-state index contributed by atoms with van der Waals surface area (Å²) in [5.41, 5.74) is 1.72. The number of carbonyl (C=O) groups excluding carboxylic acids is 1. The fourth-order valence-corrected chi connectivity index (χ4v) is 4.20. The molecule has 0 bridgehead atoms. The van der Waals surface area contributed by atoms with Crippen molar-refractivity contribution in [3.8, 4) is 5.75 Å². The standard InChI is InChI=1S/C20H29NO3.BrH/c1-21(2)12-11-17(14-21)24-19(22)13-16-9-6-10-18(20(16)23)15-7-4-3-5-8-15;/h6,9-10,15,17H,3-5,7-8,11-14H2,1-2H3;1H/t17-;/m0./s1. The smallest absolute Gasteiger partial charge is 0.310 e. The van der Waals surface area contributed by atoms with Crippen LogP contribution in [-0.2, 0) is 16.0 Å². The number of nitrogens with zero attached hydrogens (tertiary/aromatic N) is 1. The normalized spacial score (nSPS) is 23.0. The number of esters is 1. The number of likely N-dealkylation sites (N-methyl/N-ethyl adjacent to an activating group) is 1. The van der Waals surface area contributed by atoms with Gasteiger partial charge in [0.15, 0.2) is 6.10 Å². The summed E-state index contributed by atoms with van der Waals surface area (Å²) in [5.74, 6) is 0.518. The predicted octanol–water partition coefficient (Wildman–Crippen LogP) is 0.378. The van der Waals surface area contributed by atoms with Crippen LogP contribution in [0.15, 0.2) is 18.2 Å². The molecule has 1 atom stereocenters. The number of likely N-dealkylation sites (tertiary alicyclic amines) is 1. The van der Waals surface area contributed by atoms with E-state index >= 15 is 0 Å². The van der Waals surface area contributed by atoms with Crippen molar-refractivity contribution in [2.24, 2.45) is 0 Å². The van der Waals surface area contributed by atoms with E-state index in [0.717, 1.165) is 42.4 Å². The van der Waals surface area contributed by atoms with Crippen molar-refractivity contribution in [1.29, 1.82) is 0 Å². The van der Waals surface area contributed by atoms with Crippen molar-refractivity contribution in [3.05, 3.63) is 29.3 Å². The van der Waals surface area contributed by atoms with Crippen LogP contribution in [0.2, 0.25) is 0 Å². The van der Waals surface area contributed by atoms with Crippen LogP contribution >= 0.6 is 0 Å². The van der Waals surface area contributed by atoms with Crippen LogP contribution in [0.1, 0.15) is 55.6 Å². The van der Waals surface area contributed by atoms with Crippen molar-refractivity contribution < 1.29 is 36.1 Å². The van der Waals surface area contributed by atoms with Gasteiger partial charge in [-0.25, -0.2) is 0 Å². The second-order valence-electron chi connectivity index (χ2n) is 8.11. The van der Waals surface area contributed by atoms with Gasteiger partial charge in [-0.1, -0.05) is 37.5 Å². The zero-order valence-electron chi connectivity index (χ0n) is 15.3. The molecule has 0 unspecified atom stereocenters. The van der Waals surface area contributed by atoms with Gasteiger partial charge in [0, 0.05) is 12.0 Å². The summed E-state index contributed by atoms with van der Waals surface area (Å²) in [6, 6.07) is 5.82. The molecule has 1 aliphatic carbocycles. The van der Waals surface area contributed by atoms with Crippen molar-refractivity contribution in [2.45, 2.75) is 57.0 Å². The maximum absolute atomic E-state index is 12.3. The largest absolute Gasteiger partial charge is 1.00 e. The molecule has 25 heavy (non-hydrogen) atoms. The number of ether oxygens (including phenoxy) is 1. The third-order valence-electron chi connectivity index (χ3n) is 5.58. The number of aromatic hydroxyl groups is 1. The van der Waals surface area contributed by atoms with Crippen LogP contribution in [0.25, 0.3) is 0 Å². The molecule has 3 rings (SSSR count). The number of hydrogen-bond donors (Lipinski definition) is 1. The first-order valence-corrected chi connectivity index (χ1v) is 9.27. The van der Waals surface area contributed by atoms with E-state index in [4.69, 9.17) is 4.74 Å². The maximum Gasteiger partial charge on any atom is 0.310 e. The third-order valence-corrected chi connectivity index (χ3v) is 5.58. The molecule has 0 radical (unpaired) electrons. The molecule has 140 valence electrons. The molecule has 1 saturated carbocycles. The van der Waals surface area contributed by atoms with Crippen LogP contribution in [0.4, 0.5) is 0 Å². The van der Waals surface area contributed by atoms with Gasteiger partial charge >= 0.3 is 5.97 Å². The van der Waals surface area contributed by atoms with Crippen molar-refractivity contribution in [3.63, 3.8) is 0 Å². The number of quaternary nitrogens is 1. The molecule has 1 heterocycles. The van der Waals surface area contributed by atoms with Crippen LogP contribution in [0, 0.1) is 0 Å². The molecule has 1 aromatic rings. The highest BCUT2D eigenvalue weighted by molar-refractivity contribution is 5.74. The Morgan fingerprint density at radius 2 is 1.92 bits per heavy atom. The van der Waals surface area contributed by atoms with Crippen LogP contribution in [-0.4, -0.2) is 48.8 Å². The zero-order valence-corrected chi connectivity index (χ0v) is 16.9. The Morgan fingerprint density at radius 1 is 1.20 bits per heavy atom. The molecule has 1 aromatic carbocycles. The minimum atomic E-state index is -0.224. The summed E-state index contributed by atoms with van der Waals surface area (Å²) in [7, 11) is 4.32. The Morgan fingerprint density at radius 3 is 2.56 bits per heavy atom. The minimum Gasteiger partial charge on any atom is -1.00 e. The zero-order chi connectivity index (χ0) is 17.2. The second kappa shape index (κ2) is 8.54. The lowest BCUT2D eigenvalue weighted by atomic mass is 9.83. The van der Waals surface area contributed by atoms with Crippen LogP contribution < -0.4 is 17.0 Å². The predicted molar refractivity (Wildman–Crippen MR) is 94.0 cm³/mol. The fraction of sp³-hybridized carbons (Fsp3) is 0.650. The molecule has 5 heteroatoms. The van der Waals surface area contributed by atoms with Gasteiger partial charge in [-0.05, 0) is 24.3 Å². The summed E-state index contributed by atoms with van der Waals surface area (Å²) in [4.78, 5) is 12.3. The van der Waals surface area contributed by atoms with Gasteiger partial charge in [0.1, 0.15) is 12.3 Å². The van der Waals surface area contributed by atoms with Crippen LogP contribution in [0.5, 0.6) is 5.75 Å². The number of rotatable bonds is 4. The Hall–Kier alpha value is -1.07. The molecule has 0 spiro atoms. The Bertz CT molecular complexity index is 597. The topological polar surface area (TPSA) is 46.5 Å². The molecule has 0 aromatic heterocycles. The number of halogens is 1. The first-order valence-electron chi connectivity index (χ1n) is 9.27. The summed E-state index contributed by atoms with van der Waals surface area (Å²) >= 11 is 0. The molecular formula is C20H30BrNO3. The average Bonchev–Trinajstić information content (AvgIpc) is 2.89. The lowest BCUT2D eigenvalue weighted by Gasteiger charge is -2.24. The van der Waals surface area contributed by atoms with Crippen LogP contribution in [0.3, 0.4) is 0 Å². The minimum absolute atomic E-state index is 0. The first-order chi connectivity index (χ1) is 11.4. The number of benzene rings is 1. The monoisotopic (exact) mass is 411 g/mol. The number of phenolic OH excluding ortho intramolecular Hbond substituents is 1. The summed E-state index contributed by atoms with van der Waals surface area (Å²) < 4.78 is 6.53. The van der Waals surface area contributed by atoms with Gasteiger partial charge in [0.2, 0.25) is 0 Å². The molecule has 1 N–H and O–H groups in total. The number of para-hydroxylation sites is 1. The van der Waals surface area contributed by atoms with E-state index in [2.05, 4.69) is 14.1 Å². The van der Waals surface area contributed by atoms with Crippen molar-refractivity contribution in [1.82, 2.24) is 0 Å². The lowest BCUT2D eigenvalue weighted by molar-refractivity contribution is -0.879. The van der Waals surface area contributed by atoms with E-state index in [1.54, 1.807) is 0 Å². The third kappa shape index (κ3) is 5.20. The molecule has 2 aliphatic rings. The van der Waals surface area contributed by atoms with E-state index in [-0.39, 0.29) is 35.5 Å². The molecule has 2 fully saturated rings. The van der Waals surface area contributed by atoms with E-state index in [9.17, 15) is 9.90 Å². The lowest BCUT2D eigenvalue weighted by Crippen LogP contribution is -3.00. The van der Waals surface area contributed by atoms with E-state index in [1.807, 2.05) is 18.2 Å². The average molecular weight is 412 g/mol. The molecule has 1 aliphatic heterocycles. The molecule has 1 saturated heterocycles. The number of phenols is 1. The van der Waals surface area contributed by atoms with Gasteiger partial charge in [-0.2, -0.15) is 0 Å². The second-order valence-corrected chi connectivity index (χ2v) is 8.11. The highest BCUT2D eigenvalue weighted by Gasteiger charge is 2.33. The van der Waals surface area contributed by atoms with Gasteiger partial charge in [-0.3, -0.25) is 4.79 Å². The highest BCUT2D eigenvalue weighted by Crippen LogP contribution is 2.38. The first kappa shape index (κ1) is 20.2. The van der Waals surface area contributed by atoms with E-state index in [0.29, 0.717) is 17.2 Å². The Labute approximate surface area is 161 Å². The summed E-state index contributed by atoms with van der Waals surface area (Å²) in [6.07, 6.45) is 7.12. The molecular weight excluding hydrogens is 382 g/mol. The Balaban J connectivity index is 0.00000225. The SMILES string of the molecule is C[N+]1(C)CC[C@H](OC(=O)Cc2cccc(C3CCCCC3)c2O)C1.[Br-]. The van der Waals surface area contributed by atoms with E-state index < -0.39 is 0 Å². The van der Waals surface area contributed by atoms with Gasteiger partial charge < -0.3 is 31.3 Å². The highest BCUT2D eigenvalue weighted by atomic mass is 79.9. The van der Waals surface area contributed by atoms with E-state index in [1.165, 1.54) is 19.3 Å². The Kier molecular flexibility index (Phi) is 6.92. The maximum atomic E-state index is 12.3. The number of hydrogen-bond acceptors (Lipinski definition) is 3. The van der Waals surface area contributed by atoms with Crippen molar-refractivity contribution in [2.75, 3.05) is 27.2 Å². The summed E-state index contributed by atoms with van der Waals surface area (Å²) in [6.45, 7) is 1.92.